The summed E-state index contributed by atoms with van der Waals surface area (Å²) in [6.07, 6.45) is 2.94. The fourth-order valence-corrected chi connectivity index (χ4v) is 1.64. The lowest BCUT2D eigenvalue weighted by molar-refractivity contribution is 0.0945. The molecule has 1 amide bonds. The monoisotopic (exact) mass is 260 g/mol. The van der Waals surface area contributed by atoms with Crippen LogP contribution in [0.3, 0.4) is 0 Å². The highest BCUT2D eigenvalue weighted by atomic mass is 35.5. The maximum absolute atomic E-state index is 11.7. The molecule has 1 atom stereocenters. The zero-order valence-electron chi connectivity index (χ0n) is 8.83. The minimum atomic E-state index is -0.329. The molecule has 1 unspecified atom stereocenters. The summed E-state index contributed by atoms with van der Waals surface area (Å²) in [5, 5.41) is 2.78. The van der Waals surface area contributed by atoms with Gasteiger partial charge in [-0.3, -0.25) is 4.79 Å². The molecule has 0 bridgehead atoms. The SMILES string of the molecule is CCCC(NC(=O)c1ccoc1Cl)C(N)=S. The molecule has 0 aliphatic heterocycles. The highest BCUT2D eigenvalue weighted by Crippen LogP contribution is 2.16. The molecule has 0 fully saturated rings. The smallest absolute Gasteiger partial charge is 0.256 e. The Balaban J connectivity index is 2.69. The van der Waals surface area contributed by atoms with E-state index < -0.39 is 0 Å². The third-order valence-electron chi connectivity index (χ3n) is 2.09. The summed E-state index contributed by atoms with van der Waals surface area (Å²) in [5.41, 5.74) is 5.81. The van der Waals surface area contributed by atoms with Crippen molar-refractivity contribution in [3.8, 4) is 0 Å². The van der Waals surface area contributed by atoms with Crippen LogP contribution in [0.4, 0.5) is 0 Å². The van der Waals surface area contributed by atoms with Crippen LogP contribution in [0.1, 0.15) is 30.1 Å². The van der Waals surface area contributed by atoms with Gasteiger partial charge in [0.05, 0.1) is 22.9 Å². The average Bonchev–Trinajstić information content (AvgIpc) is 2.63. The van der Waals surface area contributed by atoms with Crippen LogP contribution < -0.4 is 11.1 Å². The van der Waals surface area contributed by atoms with Gasteiger partial charge in [0.25, 0.3) is 5.91 Å². The lowest BCUT2D eigenvalue weighted by atomic mass is 10.1. The molecule has 1 aromatic rings. The zero-order chi connectivity index (χ0) is 12.1. The standard InChI is InChI=1S/C10H13ClN2O2S/c1-2-3-7(9(12)16)13-10(14)6-4-5-15-8(6)11/h4-5,7H,2-3H2,1H3,(H2,12,16)(H,13,14). The van der Waals surface area contributed by atoms with Gasteiger partial charge in [-0.15, -0.1) is 0 Å². The summed E-state index contributed by atoms with van der Waals surface area (Å²) < 4.78 is 4.83. The molecule has 4 nitrogen and oxygen atoms in total. The molecule has 0 saturated carbocycles. The quantitative estimate of drug-likeness (QED) is 0.796. The highest BCUT2D eigenvalue weighted by Gasteiger charge is 2.18. The van der Waals surface area contributed by atoms with E-state index in [1.54, 1.807) is 0 Å². The van der Waals surface area contributed by atoms with Crippen molar-refractivity contribution in [3.63, 3.8) is 0 Å². The van der Waals surface area contributed by atoms with Gasteiger partial charge in [0.1, 0.15) is 0 Å². The number of nitrogens with two attached hydrogens (primary N) is 1. The number of furan rings is 1. The van der Waals surface area contributed by atoms with E-state index in [0.717, 1.165) is 6.42 Å². The van der Waals surface area contributed by atoms with Crippen LogP contribution in [0.25, 0.3) is 0 Å². The molecule has 1 aromatic heterocycles. The first kappa shape index (κ1) is 13.0. The Hall–Kier alpha value is -1.07. The lowest BCUT2D eigenvalue weighted by Crippen LogP contribution is -2.43. The van der Waals surface area contributed by atoms with Crippen molar-refractivity contribution in [2.24, 2.45) is 5.73 Å². The zero-order valence-corrected chi connectivity index (χ0v) is 10.4. The van der Waals surface area contributed by atoms with E-state index in [2.05, 4.69) is 5.32 Å². The first-order chi connectivity index (χ1) is 7.56. The molecule has 0 aliphatic rings. The Labute approximate surface area is 104 Å². The van der Waals surface area contributed by atoms with Gasteiger partial charge in [0.2, 0.25) is 5.22 Å². The van der Waals surface area contributed by atoms with E-state index in [4.69, 9.17) is 34.0 Å². The van der Waals surface area contributed by atoms with Crippen molar-refractivity contribution in [1.82, 2.24) is 5.32 Å². The van der Waals surface area contributed by atoms with Crippen molar-refractivity contribution >= 4 is 34.7 Å². The second-order valence-corrected chi connectivity index (χ2v) is 4.14. The van der Waals surface area contributed by atoms with E-state index >= 15 is 0 Å². The summed E-state index contributed by atoms with van der Waals surface area (Å²) in [4.78, 5) is 12.0. The van der Waals surface area contributed by atoms with E-state index in [0.29, 0.717) is 12.0 Å². The van der Waals surface area contributed by atoms with Crippen LogP contribution in [0.2, 0.25) is 5.22 Å². The molecule has 0 aliphatic carbocycles. The van der Waals surface area contributed by atoms with E-state index in [1.165, 1.54) is 12.3 Å². The molecule has 1 heterocycles. The number of halogens is 1. The molecule has 88 valence electrons. The molecule has 3 N–H and O–H groups in total. The summed E-state index contributed by atoms with van der Waals surface area (Å²) in [6, 6.07) is 1.19. The topological polar surface area (TPSA) is 68.3 Å². The van der Waals surface area contributed by atoms with Gasteiger partial charge in [-0.05, 0) is 24.1 Å². The molecular weight excluding hydrogens is 248 g/mol. The van der Waals surface area contributed by atoms with Gasteiger partial charge < -0.3 is 15.5 Å². The summed E-state index contributed by atoms with van der Waals surface area (Å²) >= 11 is 10.6. The maximum Gasteiger partial charge on any atom is 0.256 e. The Morgan fingerprint density at radius 2 is 2.44 bits per heavy atom. The molecular formula is C10H13ClN2O2S. The molecule has 0 spiro atoms. The van der Waals surface area contributed by atoms with Gasteiger partial charge in [-0.1, -0.05) is 25.6 Å². The number of rotatable bonds is 5. The Morgan fingerprint density at radius 3 is 2.88 bits per heavy atom. The molecule has 0 radical (unpaired) electrons. The van der Waals surface area contributed by atoms with Gasteiger partial charge in [-0.2, -0.15) is 0 Å². The van der Waals surface area contributed by atoms with Crippen molar-refractivity contribution in [2.45, 2.75) is 25.8 Å². The summed E-state index contributed by atoms with van der Waals surface area (Å²) in [6.45, 7) is 1.99. The van der Waals surface area contributed by atoms with Crippen molar-refractivity contribution < 1.29 is 9.21 Å². The predicted octanol–water partition coefficient (Wildman–Crippen LogP) is 2.12. The lowest BCUT2D eigenvalue weighted by Gasteiger charge is -2.15. The van der Waals surface area contributed by atoms with Crippen LogP contribution >= 0.6 is 23.8 Å². The number of hydrogen-bond acceptors (Lipinski definition) is 3. The Bertz CT molecular complexity index is 392. The van der Waals surface area contributed by atoms with E-state index in [1.807, 2.05) is 6.92 Å². The van der Waals surface area contributed by atoms with E-state index in [-0.39, 0.29) is 22.2 Å². The third-order valence-corrected chi connectivity index (χ3v) is 2.67. The Kier molecular flexibility index (Phi) is 4.76. The van der Waals surface area contributed by atoms with Crippen LogP contribution in [0.5, 0.6) is 0 Å². The fraction of sp³-hybridized carbons (Fsp3) is 0.400. The second kappa shape index (κ2) is 5.86. The van der Waals surface area contributed by atoms with Crippen molar-refractivity contribution in [3.05, 3.63) is 23.1 Å². The van der Waals surface area contributed by atoms with Crippen LogP contribution in [-0.4, -0.2) is 16.9 Å². The Morgan fingerprint density at radius 1 is 1.75 bits per heavy atom. The third kappa shape index (κ3) is 3.21. The average molecular weight is 261 g/mol. The van der Waals surface area contributed by atoms with Crippen LogP contribution in [0, 0.1) is 0 Å². The first-order valence-electron chi connectivity index (χ1n) is 4.89. The molecule has 1 rings (SSSR count). The number of hydrogen-bond donors (Lipinski definition) is 2. The van der Waals surface area contributed by atoms with Crippen molar-refractivity contribution in [2.75, 3.05) is 0 Å². The summed E-state index contributed by atoms with van der Waals surface area (Å²) in [5.74, 6) is -0.329. The van der Waals surface area contributed by atoms with Gasteiger partial charge in [0, 0.05) is 0 Å². The summed E-state index contributed by atoms with van der Waals surface area (Å²) in [7, 11) is 0. The number of carbonyl (C=O) groups excluding carboxylic acids is 1. The number of carbonyl (C=O) groups is 1. The normalized spacial score (nSPS) is 12.1. The first-order valence-corrected chi connectivity index (χ1v) is 5.68. The predicted molar refractivity (Wildman–Crippen MR) is 66.7 cm³/mol. The maximum atomic E-state index is 11.7. The van der Waals surface area contributed by atoms with E-state index in [9.17, 15) is 4.79 Å². The van der Waals surface area contributed by atoms with Gasteiger partial charge in [0.15, 0.2) is 0 Å². The van der Waals surface area contributed by atoms with Crippen LogP contribution in [-0.2, 0) is 0 Å². The minimum absolute atomic E-state index is 0.0655. The molecule has 0 saturated heterocycles. The van der Waals surface area contributed by atoms with Crippen molar-refractivity contribution in [1.29, 1.82) is 0 Å². The largest absolute Gasteiger partial charge is 0.452 e. The van der Waals surface area contributed by atoms with Crippen LogP contribution in [0.15, 0.2) is 16.7 Å². The minimum Gasteiger partial charge on any atom is -0.452 e. The molecule has 0 aromatic carbocycles. The number of thiocarbonyl (C=S) groups is 1. The number of amides is 1. The number of nitrogens with one attached hydrogen (secondary N) is 1. The highest BCUT2D eigenvalue weighted by molar-refractivity contribution is 7.80. The second-order valence-electron chi connectivity index (χ2n) is 3.33. The van der Waals surface area contributed by atoms with Gasteiger partial charge in [-0.25, -0.2) is 0 Å². The fourth-order valence-electron chi connectivity index (χ4n) is 1.27. The van der Waals surface area contributed by atoms with Gasteiger partial charge >= 0.3 is 0 Å². The molecule has 16 heavy (non-hydrogen) atoms. The molecule has 6 heteroatoms.